The van der Waals surface area contributed by atoms with Crippen LogP contribution in [0, 0.1) is 0 Å². The van der Waals surface area contributed by atoms with E-state index in [2.05, 4.69) is 25.1 Å². The van der Waals surface area contributed by atoms with Crippen molar-refractivity contribution < 1.29 is 0 Å². The summed E-state index contributed by atoms with van der Waals surface area (Å²) in [5.41, 5.74) is 0. The minimum Gasteiger partial charge on any atom is -0.251 e. The molecule has 0 radical (unpaired) electrons. The molecule has 0 aromatic carbocycles. The van der Waals surface area contributed by atoms with E-state index in [1.807, 2.05) is 0 Å². The zero-order valence-electron chi connectivity index (χ0n) is 8.46. The zero-order valence-corrected chi connectivity index (χ0v) is 9.28. The molecule has 0 aliphatic carbocycles. The number of aliphatic imine (C=N–C) groups is 1. The highest BCUT2D eigenvalue weighted by Crippen LogP contribution is 2.16. The second kappa shape index (κ2) is 9.59. The van der Waals surface area contributed by atoms with E-state index in [0.717, 1.165) is 10.8 Å². The molecule has 0 amide bonds. The van der Waals surface area contributed by atoms with Crippen molar-refractivity contribution in [1.29, 1.82) is 0 Å². The average Bonchev–Trinajstić information content (AvgIpc) is 2.14. The van der Waals surface area contributed by atoms with E-state index < -0.39 is 0 Å². The molecule has 74 valence electrons. The Kier molecular flexibility index (Phi) is 9.22. The fourth-order valence-corrected chi connectivity index (χ4v) is 1.61. The van der Waals surface area contributed by atoms with E-state index in [1.165, 1.54) is 25.7 Å². The van der Waals surface area contributed by atoms with Gasteiger partial charge in [-0.2, -0.15) is 0 Å². The average molecular weight is 197 g/mol. The molecule has 0 saturated heterocycles. The van der Waals surface area contributed by atoms with Crippen LogP contribution in [0.25, 0.3) is 0 Å². The molecule has 1 nitrogen and oxygen atoms in total. The smallest absolute Gasteiger partial charge is 0.0887 e. The minimum atomic E-state index is 0.886. The number of hydrogen-bond acceptors (Lipinski definition) is 2. The minimum absolute atomic E-state index is 0.886. The SMILES string of the molecule is C=CC=NC(=C)SCCCCCC. The van der Waals surface area contributed by atoms with Crippen LogP contribution in [0.1, 0.15) is 32.6 Å². The summed E-state index contributed by atoms with van der Waals surface area (Å²) in [6.45, 7) is 9.60. The molecule has 0 aliphatic rings. The van der Waals surface area contributed by atoms with E-state index in [-0.39, 0.29) is 0 Å². The van der Waals surface area contributed by atoms with Gasteiger partial charge in [-0.05, 0) is 12.2 Å². The Morgan fingerprint density at radius 3 is 2.77 bits per heavy atom. The Bertz CT molecular complexity index is 173. The van der Waals surface area contributed by atoms with Crippen LogP contribution in [0.2, 0.25) is 0 Å². The van der Waals surface area contributed by atoms with Crippen LogP contribution in [0.5, 0.6) is 0 Å². The molecular formula is C11H19NS. The molecule has 0 N–H and O–H groups in total. The molecule has 0 aliphatic heterocycles. The van der Waals surface area contributed by atoms with Crippen molar-refractivity contribution in [3.63, 3.8) is 0 Å². The normalized spacial score (nSPS) is 10.5. The van der Waals surface area contributed by atoms with Gasteiger partial charge in [0.2, 0.25) is 0 Å². The molecule has 0 fully saturated rings. The van der Waals surface area contributed by atoms with E-state index in [1.54, 1.807) is 24.1 Å². The van der Waals surface area contributed by atoms with E-state index in [4.69, 9.17) is 0 Å². The number of rotatable bonds is 8. The number of nitrogens with zero attached hydrogens (tertiary/aromatic N) is 1. The Morgan fingerprint density at radius 2 is 2.15 bits per heavy atom. The summed E-state index contributed by atoms with van der Waals surface area (Å²) >= 11 is 1.73. The van der Waals surface area contributed by atoms with Crippen LogP contribution < -0.4 is 0 Å². The molecule has 0 atom stereocenters. The highest BCUT2D eigenvalue weighted by molar-refractivity contribution is 8.03. The van der Waals surface area contributed by atoms with Crippen LogP contribution in [-0.2, 0) is 0 Å². The molecule has 0 aromatic heterocycles. The fourth-order valence-electron chi connectivity index (χ4n) is 0.892. The first-order valence-electron chi connectivity index (χ1n) is 4.78. The Morgan fingerprint density at radius 1 is 1.38 bits per heavy atom. The van der Waals surface area contributed by atoms with Crippen LogP contribution >= 0.6 is 11.8 Å². The van der Waals surface area contributed by atoms with Crippen LogP contribution in [-0.4, -0.2) is 12.0 Å². The maximum absolute atomic E-state index is 4.09. The molecule has 0 saturated carbocycles. The van der Waals surface area contributed by atoms with Gasteiger partial charge in [0, 0.05) is 6.21 Å². The third-order valence-corrected chi connectivity index (χ3v) is 2.52. The van der Waals surface area contributed by atoms with Gasteiger partial charge in [-0.1, -0.05) is 45.4 Å². The quantitative estimate of drug-likeness (QED) is 0.423. The lowest BCUT2D eigenvalue weighted by atomic mass is 10.2. The summed E-state index contributed by atoms with van der Waals surface area (Å²) in [4.78, 5) is 4.09. The maximum Gasteiger partial charge on any atom is 0.0887 e. The lowest BCUT2D eigenvalue weighted by molar-refractivity contribution is 0.707. The summed E-state index contributed by atoms with van der Waals surface area (Å²) in [6.07, 6.45) is 8.57. The van der Waals surface area contributed by atoms with Gasteiger partial charge in [0.25, 0.3) is 0 Å². The molecule has 0 heterocycles. The number of hydrogen-bond donors (Lipinski definition) is 0. The van der Waals surface area contributed by atoms with Crippen molar-refractivity contribution in [1.82, 2.24) is 0 Å². The second-order valence-corrected chi connectivity index (χ2v) is 3.98. The molecule has 0 bridgehead atoms. The Labute approximate surface area is 86.0 Å². The van der Waals surface area contributed by atoms with Gasteiger partial charge in [-0.3, -0.25) is 4.99 Å². The van der Waals surface area contributed by atoms with E-state index >= 15 is 0 Å². The van der Waals surface area contributed by atoms with Crippen molar-refractivity contribution in [3.05, 3.63) is 24.3 Å². The number of allylic oxidation sites excluding steroid dienone is 1. The first-order valence-corrected chi connectivity index (χ1v) is 5.76. The maximum atomic E-state index is 4.09. The fraction of sp³-hybridized carbons (Fsp3) is 0.545. The Balaban J connectivity index is 3.26. The van der Waals surface area contributed by atoms with Gasteiger partial charge in [-0.15, -0.1) is 11.8 Å². The molecule has 0 rings (SSSR count). The topological polar surface area (TPSA) is 12.4 Å². The molecule has 13 heavy (non-hydrogen) atoms. The van der Waals surface area contributed by atoms with Gasteiger partial charge in [0.15, 0.2) is 0 Å². The molecule has 0 unspecified atom stereocenters. The van der Waals surface area contributed by atoms with Crippen molar-refractivity contribution in [2.75, 3.05) is 5.75 Å². The first-order chi connectivity index (χ1) is 6.31. The molecule has 0 aromatic rings. The van der Waals surface area contributed by atoms with Crippen LogP contribution in [0.3, 0.4) is 0 Å². The van der Waals surface area contributed by atoms with Gasteiger partial charge in [0.05, 0.1) is 5.03 Å². The third kappa shape index (κ3) is 9.41. The summed E-state index contributed by atoms with van der Waals surface area (Å²) < 4.78 is 0. The predicted octanol–water partition coefficient (Wildman–Crippen LogP) is 4.03. The van der Waals surface area contributed by atoms with Crippen molar-refractivity contribution in [2.45, 2.75) is 32.6 Å². The standard InChI is InChI=1S/C11H19NS/c1-4-6-7-8-10-13-11(3)12-9-5-2/h5,9H,2-4,6-8,10H2,1H3. The lowest BCUT2D eigenvalue weighted by Crippen LogP contribution is -1.80. The van der Waals surface area contributed by atoms with Crippen molar-refractivity contribution in [3.8, 4) is 0 Å². The number of thioether (sulfide) groups is 1. The van der Waals surface area contributed by atoms with Gasteiger partial charge in [-0.25, -0.2) is 0 Å². The van der Waals surface area contributed by atoms with Crippen molar-refractivity contribution >= 4 is 18.0 Å². The molecular weight excluding hydrogens is 178 g/mol. The molecule has 2 heteroatoms. The Hall–Kier alpha value is -0.500. The predicted molar refractivity (Wildman–Crippen MR) is 64.4 cm³/mol. The lowest BCUT2D eigenvalue weighted by Gasteiger charge is -1.99. The number of unbranched alkanes of at least 4 members (excludes halogenated alkanes) is 3. The van der Waals surface area contributed by atoms with E-state index in [9.17, 15) is 0 Å². The van der Waals surface area contributed by atoms with Crippen molar-refractivity contribution in [2.24, 2.45) is 4.99 Å². The first kappa shape index (κ1) is 12.5. The van der Waals surface area contributed by atoms with Gasteiger partial charge in [0.1, 0.15) is 0 Å². The largest absolute Gasteiger partial charge is 0.251 e. The monoisotopic (exact) mass is 197 g/mol. The zero-order chi connectivity index (χ0) is 9.94. The van der Waals surface area contributed by atoms with Gasteiger partial charge >= 0.3 is 0 Å². The third-order valence-electron chi connectivity index (χ3n) is 1.59. The highest BCUT2D eigenvalue weighted by Gasteiger charge is 1.91. The van der Waals surface area contributed by atoms with E-state index in [0.29, 0.717) is 0 Å². The molecule has 0 spiro atoms. The van der Waals surface area contributed by atoms with Crippen LogP contribution in [0.4, 0.5) is 0 Å². The second-order valence-electron chi connectivity index (χ2n) is 2.82. The summed E-state index contributed by atoms with van der Waals surface area (Å²) in [6, 6.07) is 0. The van der Waals surface area contributed by atoms with Crippen LogP contribution in [0.15, 0.2) is 29.3 Å². The summed E-state index contributed by atoms with van der Waals surface area (Å²) in [7, 11) is 0. The van der Waals surface area contributed by atoms with Gasteiger partial charge < -0.3 is 0 Å². The summed E-state index contributed by atoms with van der Waals surface area (Å²) in [5, 5.41) is 0.886. The summed E-state index contributed by atoms with van der Waals surface area (Å²) in [5.74, 6) is 1.13. The highest BCUT2D eigenvalue weighted by atomic mass is 32.2.